The van der Waals surface area contributed by atoms with E-state index in [0.29, 0.717) is 0 Å². The van der Waals surface area contributed by atoms with Gasteiger partial charge in [-0.15, -0.1) is 11.3 Å². The van der Waals surface area contributed by atoms with Gasteiger partial charge in [-0.1, -0.05) is 69.0 Å². The number of non-ortho nitro benzene ring substituents is 1. The predicted molar refractivity (Wildman–Crippen MR) is 116 cm³/mol. The van der Waals surface area contributed by atoms with E-state index in [9.17, 15) is 10.1 Å². The molecule has 0 saturated heterocycles. The first-order valence-corrected chi connectivity index (χ1v) is 11.2. The minimum absolute atomic E-state index is 0.141. The Hall–Kier alpha value is -1.85. The highest BCUT2D eigenvalue weighted by molar-refractivity contribution is 7.99. The quantitative estimate of drug-likeness (QED) is 0.198. The second kappa shape index (κ2) is 9.90. The number of aryl methyl sites for hydroxylation is 1. The Morgan fingerprint density at radius 3 is 2.41 bits per heavy atom. The molecule has 3 nitrogen and oxygen atoms in total. The molecule has 142 valence electrons. The number of nitro groups is 1. The van der Waals surface area contributed by atoms with Crippen LogP contribution >= 0.6 is 23.1 Å². The van der Waals surface area contributed by atoms with Gasteiger partial charge in [-0.25, -0.2) is 0 Å². The third kappa shape index (κ3) is 5.33. The molecule has 0 unspecified atom stereocenters. The van der Waals surface area contributed by atoms with Gasteiger partial charge in [0.1, 0.15) is 0 Å². The van der Waals surface area contributed by atoms with Crippen LogP contribution < -0.4 is 0 Å². The Balaban J connectivity index is 1.75. The predicted octanol–water partition coefficient (Wildman–Crippen LogP) is 7.86. The van der Waals surface area contributed by atoms with Crippen molar-refractivity contribution >= 4 is 38.9 Å². The number of rotatable bonds is 10. The van der Waals surface area contributed by atoms with Crippen LogP contribution in [0.4, 0.5) is 5.69 Å². The van der Waals surface area contributed by atoms with E-state index in [-0.39, 0.29) is 10.6 Å². The summed E-state index contributed by atoms with van der Waals surface area (Å²) >= 11 is 3.62. The van der Waals surface area contributed by atoms with Crippen LogP contribution in [0.1, 0.15) is 50.3 Å². The molecule has 3 aromatic rings. The molecular weight excluding hydrogens is 374 g/mol. The third-order valence-corrected chi connectivity index (χ3v) is 7.18. The van der Waals surface area contributed by atoms with Crippen molar-refractivity contribution in [3.05, 3.63) is 63.5 Å². The van der Waals surface area contributed by atoms with Gasteiger partial charge < -0.3 is 0 Å². The zero-order valence-corrected chi connectivity index (χ0v) is 17.3. The van der Waals surface area contributed by atoms with Crippen LogP contribution in [-0.2, 0) is 6.42 Å². The van der Waals surface area contributed by atoms with Gasteiger partial charge in [-0.2, -0.15) is 0 Å². The fraction of sp³-hybridized carbons (Fsp3) is 0.364. The Kier molecular flexibility index (Phi) is 7.30. The lowest BCUT2D eigenvalue weighted by molar-refractivity contribution is -0.384. The van der Waals surface area contributed by atoms with Crippen LogP contribution in [0.3, 0.4) is 0 Å². The summed E-state index contributed by atoms with van der Waals surface area (Å²) < 4.78 is 1.32. The molecule has 0 N–H and O–H groups in total. The molecule has 0 fully saturated rings. The first-order chi connectivity index (χ1) is 13.2. The molecule has 5 heteroatoms. The van der Waals surface area contributed by atoms with E-state index in [0.717, 1.165) is 11.3 Å². The molecule has 0 spiro atoms. The number of hydrogen-bond acceptors (Lipinski definition) is 4. The highest BCUT2D eigenvalue weighted by atomic mass is 32.2. The van der Waals surface area contributed by atoms with Crippen molar-refractivity contribution < 1.29 is 4.92 Å². The third-order valence-electron chi connectivity index (χ3n) is 4.64. The minimum Gasteiger partial charge on any atom is -0.258 e. The molecular formula is C22H25NO2S2. The standard InChI is InChI=1S/C22H25NO2S2/c1-2-3-4-5-6-7-12-21-22(19-10-8-9-11-20(19)27-21)26-18-15-13-17(14-16-18)23(24)25/h8-11,13-16H,2-7,12H2,1H3. The molecule has 1 aromatic heterocycles. The number of thiophene rings is 1. The van der Waals surface area contributed by atoms with Crippen LogP contribution in [0.15, 0.2) is 58.3 Å². The lowest BCUT2D eigenvalue weighted by Crippen LogP contribution is -1.87. The van der Waals surface area contributed by atoms with E-state index in [1.165, 1.54) is 58.4 Å². The fourth-order valence-corrected chi connectivity index (χ4v) is 5.64. The van der Waals surface area contributed by atoms with Crippen LogP contribution in [0, 0.1) is 10.1 Å². The van der Waals surface area contributed by atoms with E-state index in [1.807, 2.05) is 23.5 Å². The van der Waals surface area contributed by atoms with Gasteiger partial charge in [0, 0.05) is 36.9 Å². The van der Waals surface area contributed by atoms with E-state index in [4.69, 9.17) is 0 Å². The lowest BCUT2D eigenvalue weighted by atomic mass is 10.1. The van der Waals surface area contributed by atoms with Crippen molar-refractivity contribution in [1.82, 2.24) is 0 Å². The summed E-state index contributed by atoms with van der Waals surface area (Å²) in [5, 5.41) is 12.2. The van der Waals surface area contributed by atoms with Crippen molar-refractivity contribution in [3.63, 3.8) is 0 Å². The molecule has 0 aliphatic carbocycles. The second-order valence-corrected chi connectivity index (χ2v) is 8.94. The first-order valence-electron chi connectivity index (χ1n) is 9.61. The number of fused-ring (bicyclic) bond motifs is 1. The first kappa shape index (κ1) is 19.9. The van der Waals surface area contributed by atoms with Gasteiger partial charge in [0.2, 0.25) is 0 Å². The summed E-state index contributed by atoms with van der Waals surface area (Å²) in [5.74, 6) is 0. The molecule has 0 aliphatic rings. The maximum atomic E-state index is 10.9. The van der Waals surface area contributed by atoms with Gasteiger partial charge in [0.05, 0.1) is 4.92 Å². The van der Waals surface area contributed by atoms with Crippen molar-refractivity contribution in [2.24, 2.45) is 0 Å². The average molecular weight is 400 g/mol. The number of benzene rings is 2. The number of nitrogens with zero attached hydrogens (tertiary/aromatic N) is 1. The zero-order valence-electron chi connectivity index (χ0n) is 15.6. The maximum Gasteiger partial charge on any atom is 0.269 e. The number of nitro benzene ring substituents is 1. The monoisotopic (exact) mass is 399 g/mol. The topological polar surface area (TPSA) is 43.1 Å². The summed E-state index contributed by atoms with van der Waals surface area (Å²) in [6, 6.07) is 15.4. The number of hydrogen-bond donors (Lipinski definition) is 0. The van der Waals surface area contributed by atoms with Crippen molar-refractivity contribution in [3.8, 4) is 0 Å². The van der Waals surface area contributed by atoms with Crippen molar-refractivity contribution in [2.45, 2.75) is 61.7 Å². The summed E-state index contributed by atoms with van der Waals surface area (Å²) in [7, 11) is 0. The van der Waals surface area contributed by atoms with Crippen LogP contribution in [-0.4, -0.2) is 4.92 Å². The Bertz CT molecular complexity index is 887. The molecule has 0 saturated carbocycles. The highest BCUT2D eigenvalue weighted by Crippen LogP contribution is 2.42. The van der Waals surface area contributed by atoms with Gasteiger partial charge in [0.15, 0.2) is 0 Å². The summed E-state index contributed by atoms with van der Waals surface area (Å²) in [6.45, 7) is 2.25. The Morgan fingerprint density at radius 1 is 0.963 bits per heavy atom. The van der Waals surface area contributed by atoms with Crippen LogP contribution in [0.2, 0.25) is 0 Å². The lowest BCUT2D eigenvalue weighted by Gasteiger charge is -2.05. The van der Waals surface area contributed by atoms with Crippen molar-refractivity contribution in [1.29, 1.82) is 0 Å². The van der Waals surface area contributed by atoms with E-state index >= 15 is 0 Å². The fourth-order valence-electron chi connectivity index (χ4n) is 3.17. The smallest absolute Gasteiger partial charge is 0.258 e. The molecule has 0 atom stereocenters. The Morgan fingerprint density at radius 2 is 1.67 bits per heavy atom. The maximum absolute atomic E-state index is 10.9. The molecule has 0 amide bonds. The molecule has 0 radical (unpaired) electrons. The molecule has 0 aliphatic heterocycles. The average Bonchev–Trinajstić information content (AvgIpc) is 3.02. The summed E-state index contributed by atoms with van der Waals surface area (Å²) in [5.41, 5.74) is 0.141. The van der Waals surface area contributed by atoms with Crippen molar-refractivity contribution in [2.75, 3.05) is 0 Å². The SMILES string of the molecule is CCCCCCCCc1sc2ccccc2c1Sc1ccc([N+](=O)[O-])cc1. The molecule has 3 rings (SSSR count). The molecule has 2 aromatic carbocycles. The van der Waals surface area contributed by atoms with Crippen LogP contribution in [0.5, 0.6) is 0 Å². The van der Waals surface area contributed by atoms with E-state index in [1.54, 1.807) is 23.9 Å². The van der Waals surface area contributed by atoms with E-state index < -0.39 is 0 Å². The zero-order chi connectivity index (χ0) is 19.1. The highest BCUT2D eigenvalue weighted by Gasteiger charge is 2.14. The van der Waals surface area contributed by atoms with Gasteiger partial charge >= 0.3 is 0 Å². The van der Waals surface area contributed by atoms with Gasteiger partial charge in [-0.05, 0) is 31.0 Å². The molecule has 27 heavy (non-hydrogen) atoms. The summed E-state index contributed by atoms with van der Waals surface area (Å²) in [4.78, 5) is 14.3. The number of unbranched alkanes of at least 4 members (excludes halogenated alkanes) is 5. The largest absolute Gasteiger partial charge is 0.269 e. The molecule has 0 bridgehead atoms. The normalized spacial score (nSPS) is 11.1. The summed E-state index contributed by atoms with van der Waals surface area (Å²) in [6.07, 6.45) is 8.91. The van der Waals surface area contributed by atoms with Gasteiger partial charge in [0.25, 0.3) is 5.69 Å². The van der Waals surface area contributed by atoms with Crippen LogP contribution in [0.25, 0.3) is 10.1 Å². The van der Waals surface area contributed by atoms with Gasteiger partial charge in [-0.3, -0.25) is 10.1 Å². The molecule has 1 heterocycles. The minimum atomic E-state index is -0.349. The second-order valence-electron chi connectivity index (χ2n) is 6.72. The Labute approximate surface area is 169 Å². The van der Waals surface area contributed by atoms with E-state index in [2.05, 4.69) is 31.2 Å².